The molecular weight excluding hydrogens is 375 g/mol. The van der Waals surface area contributed by atoms with Crippen molar-refractivity contribution in [2.75, 3.05) is 13.2 Å². The summed E-state index contributed by atoms with van der Waals surface area (Å²) in [5.74, 6) is 0.687. The summed E-state index contributed by atoms with van der Waals surface area (Å²) >= 11 is 0. The van der Waals surface area contributed by atoms with Gasteiger partial charge in [0.2, 0.25) is 0 Å². The Bertz CT molecular complexity index is 275. The van der Waals surface area contributed by atoms with Crippen LogP contribution in [0.1, 0.15) is 81.9 Å². The van der Waals surface area contributed by atoms with E-state index in [2.05, 4.69) is 27.7 Å². The summed E-state index contributed by atoms with van der Waals surface area (Å²) < 4.78 is 22.2. The molecule has 0 radical (unpaired) electrons. The van der Waals surface area contributed by atoms with Gasteiger partial charge >= 0.3 is 53.3 Å². The van der Waals surface area contributed by atoms with Gasteiger partial charge in [0.25, 0.3) is 0 Å². The van der Waals surface area contributed by atoms with Crippen molar-refractivity contribution < 1.29 is 21.4 Å². The first kappa shape index (κ1) is 25.8. The molecule has 1 N–H and O–H groups in total. The molecule has 0 amide bonds. The van der Waals surface area contributed by atoms with Crippen molar-refractivity contribution in [1.82, 2.24) is 0 Å². The molecule has 6 heteroatoms. The van der Waals surface area contributed by atoms with Gasteiger partial charge in [0.1, 0.15) is 0 Å². The zero-order chi connectivity index (χ0) is 16.1. The Hall–Kier alpha value is 1.59. The van der Waals surface area contributed by atoms with Crippen LogP contribution in [0, 0.1) is 11.8 Å². The maximum absolute atomic E-state index is 11.9. The van der Waals surface area contributed by atoms with Gasteiger partial charge in [-0.3, -0.25) is 9.05 Å². The van der Waals surface area contributed by atoms with Gasteiger partial charge in [-0.25, -0.2) is 4.57 Å². The van der Waals surface area contributed by atoms with Gasteiger partial charge in [-0.15, -0.1) is 0 Å². The molecule has 0 bridgehead atoms. The van der Waals surface area contributed by atoms with Crippen LogP contribution in [-0.4, -0.2) is 63.6 Å². The van der Waals surface area contributed by atoms with Gasteiger partial charge in [0.05, 0.1) is 13.2 Å². The fourth-order valence-corrected chi connectivity index (χ4v) is 3.11. The van der Waals surface area contributed by atoms with E-state index in [1.807, 2.05) is 0 Å². The third-order valence-electron chi connectivity index (χ3n) is 4.03. The van der Waals surface area contributed by atoms with Gasteiger partial charge in [-0.05, 0) is 24.7 Å². The van der Waals surface area contributed by atoms with Crippen molar-refractivity contribution in [1.29, 1.82) is 0 Å². The normalized spacial score (nSPS) is 16.6. The number of phosphoric ester groups is 1. The molecule has 0 saturated heterocycles. The van der Waals surface area contributed by atoms with Gasteiger partial charge < -0.3 is 7.75 Å². The Balaban J connectivity index is -0.000000667. The van der Waals surface area contributed by atoms with E-state index in [9.17, 15) is 9.46 Å². The number of unbranched alkanes of at least 4 members (excludes halogenated alkanes) is 2. The summed E-state index contributed by atoms with van der Waals surface area (Å²) in [5.41, 5.74) is 0. The molecular formula is C16H37O4PSr. The zero-order valence-corrected chi connectivity index (χ0v) is 19.4. The van der Waals surface area contributed by atoms with E-state index >= 15 is 0 Å². The SMILES string of the molecule is CCCCC(CC)COP(=O)(O)OCC(CC)CCCC.[H-].[H-].[Sr+2]. The summed E-state index contributed by atoms with van der Waals surface area (Å²) in [5, 5.41) is 0. The fourth-order valence-electron chi connectivity index (χ4n) is 2.23. The largest absolute Gasteiger partial charge is 2.00 e. The summed E-state index contributed by atoms with van der Waals surface area (Å²) in [6, 6.07) is 0. The molecule has 2 atom stereocenters. The van der Waals surface area contributed by atoms with Crippen LogP contribution in [0.5, 0.6) is 0 Å². The van der Waals surface area contributed by atoms with E-state index < -0.39 is 7.82 Å². The van der Waals surface area contributed by atoms with Crippen molar-refractivity contribution in [3.8, 4) is 0 Å². The predicted octanol–water partition coefficient (Wildman–Crippen LogP) is 5.40. The average molecular weight is 412 g/mol. The fraction of sp³-hybridized carbons (Fsp3) is 1.00. The van der Waals surface area contributed by atoms with Crippen LogP contribution < -0.4 is 0 Å². The molecule has 2 unspecified atom stereocenters. The molecule has 0 aliphatic rings. The topological polar surface area (TPSA) is 55.8 Å². The summed E-state index contributed by atoms with van der Waals surface area (Å²) in [7, 11) is -3.89. The van der Waals surface area contributed by atoms with E-state index in [1.54, 1.807) is 0 Å². The minimum atomic E-state index is -3.89. The third-order valence-corrected chi connectivity index (χ3v) is 4.98. The molecule has 0 aliphatic carbocycles. The van der Waals surface area contributed by atoms with Crippen molar-refractivity contribution in [2.45, 2.75) is 79.1 Å². The number of hydrogen-bond donors (Lipinski definition) is 1. The van der Waals surface area contributed by atoms with Gasteiger partial charge in [0, 0.05) is 0 Å². The van der Waals surface area contributed by atoms with E-state index in [1.165, 1.54) is 0 Å². The minimum Gasteiger partial charge on any atom is -1.00 e. The van der Waals surface area contributed by atoms with E-state index in [0.29, 0.717) is 25.0 Å². The second-order valence-corrected chi connectivity index (χ2v) is 7.35. The van der Waals surface area contributed by atoms with Crippen molar-refractivity contribution in [3.05, 3.63) is 0 Å². The molecule has 0 heterocycles. The Morgan fingerprint density at radius 3 is 1.55 bits per heavy atom. The van der Waals surface area contributed by atoms with E-state index in [-0.39, 0.29) is 48.3 Å². The second-order valence-electron chi connectivity index (χ2n) is 5.89. The molecule has 0 aromatic heterocycles. The standard InChI is InChI=1S/C16H35O4P.Sr.2H/c1-5-9-11-15(7-3)13-19-21(17,18)20-14-16(8-4)12-10-6-2;;;/h15-16H,5-14H2,1-4H3,(H,17,18);;;/q;+2;2*-1. The first-order valence-corrected chi connectivity index (χ1v) is 10.1. The molecule has 0 aliphatic heterocycles. The minimum absolute atomic E-state index is 0. The molecule has 0 saturated carbocycles. The Labute approximate surface area is 177 Å². The molecule has 0 spiro atoms. The van der Waals surface area contributed by atoms with Gasteiger partial charge in [0.15, 0.2) is 0 Å². The predicted molar refractivity (Wildman–Crippen MR) is 96.3 cm³/mol. The quantitative estimate of drug-likeness (QED) is 0.307. The molecule has 0 aromatic rings. The maximum Gasteiger partial charge on any atom is 2.00 e. The van der Waals surface area contributed by atoms with Crippen molar-refractivity contribution in [2.24, 2.45) is 11.8 Å². The maximum atomic E-state index is 11.9. The summed E-state index contributed by atoms with van der Waals surface area (Å²) in [6.45, 7) is 9.10. The number of hydrogen-bond acceptors (Lipinski definition) is 3. The van der Waals surface area contributed by atoms with Crippen molar-refractivity contribution in [3.63, 3.8) is 0 Å². The monoisotopic (exact) mass is 412 g/mol. The molecule has 22 heavy (non-hydrogen) atoms. The number of phosphoric acid groups is 1. The Kier molecular flexibility index (Phi) is 18.9. The van der Waals surface area contributed by atoms with Crippen LogP contribution in [-0.2, 0) is 13.6 Å². The van der Waals surface area contributed by atoms with Crippen LogP contribution in [0.2, 0.25) is 0 Å². The average Bonchev–Trinajstić information content (AvgIpc) is 2.47. The van der Waals surface area contributed by atoms with Crippen LogP contribution in [0.15, 0.2) is 0 Å². The van der Waals surface area contributed by atoms with Crippen LogP contribution >= 0.6 is 7.82 Å². The molecule has 0 fully saturated rings. The van der Waals surface area contributed by atoms with E-state index in [4.69, 9.17) is 9.05 Å². The van der Waals surface area contributed by atoms with Crippen LogP contribution in [0.4, 0.5) is 0 Å². The summed E-state index contributed by atoms with van der Waals surface area (Å²) in [6.07, 6.45) is 8.56. The Morgan fingerprint density at radius 2 is 1.27 bits per heavy atom. The summed E-state index contributed by atoms with van der Waals surface area (Å²) in [4.78, 5) is 9.77. The molecule has 0 aromatic carbocycles. The Morgan fingerprint density at radius 1 is 0.909 bits per heavy atom. The smallest absolute Gasteiger partial charge is 1.00 e. The zero-order valence-electron chi connectivity index (χ0n) is 17.1. The third kappa shape index (κ3) is 14.0. The first-order valence-electron chi connectivity index (χ1n) is 8.60. The van der Waals surface area contributed by atoms with E-state index in [0.717, 1.165) is 51.4 Å². The molecule has 132 valence electrons. The molecule has 0 rings (SSSR count). The number of rotatable bonds is 14. The van der Waals surface area contributed by atoms with Crippen LogP contribution in [0.3, 0.4) is 0 Å². The van der Waals surface area contributed by atoms with Crippen LogP contribution in [0.25, 0.3) is 0 Å². The second kappa shape index (κ2) is 16.1. The van der Waals surface area contributed by atoms with Crippen molar-refractivity contribution >= 4 is 53.3 Å². The van der Waals surface area contributed by atoms with Gasteiger partial charge in [-0.2, -0.15) is 0 Å². The van der Waals surface area contributed by atoms with Gasteiger partial charge in [-0.1, -0.05) is 66.2 Å². The first-order chi connectivity index (χ1) is 9.99. The molecule has 4 nitrogen and oxygen atoms in total.